The first-order valence-electron chi connectivity index (χ1n) is 9.26. The monoisotopic (exact) mass is 382 g/mol. The summed E-state index contributed by atoms with van der Waals surface area (Å²) in [7, 11) is 0. The van der Waals surface area contributed by atoms with Gasteiger partial charge in [0.25, 0.3) is 5.91 Å². The molecule has 2 amide bonds. The molecule has 0 fully saturated rings. The summed E-state index contributed by atoms with van der Waals surface area (Å²) >= 11 is 0. The van der Waals surface area contributed by atoms with Crippen molar-refractivity contribution in [3.8, 4) is 0 Å². The van der Waals surface area contributed by atoms with Gasteiger partial charge in [-0.3, -0.25) is 14.4 Å². The Kier molecular flexibility index (Phi) is 7.32. The van der Waals surface area contributed by atoms with Gasteiger partial charge in [-0.1, -0.05) is 56.3 Å². The molecule has 0 saturated heterocycles. The molecule has 2 aromatic carbocycles. The zero-order chi connectivity index (χ0) is 20.7. The van der Waals surface area contributed by atoms with Crippen molar-refractivity contribution < 1.29 is 19.5 Å². The molecule has 28 heavy (non-hydrogen) atoms. The molecule has 0 spiro atoms. The summed E-state index contributed by atoms with van der Waals surface area (Å²) in [5, 5.41) is 14.2. The predicted molar refractivity (Wildman–Crippen MR) is 107 cm³/mol. The molecule has 3 N–H and O–H groups in total. The Morgan fingerprint density at radius 2 is 1.50 bits per heavy atom. The summed E-state index contributed by atoms with van der Waals surface area (Å²) in [5.41, 5.74) is 2.49. The maximum atomic E-state index is 12.6. The van der Waals surface area contributed by atoms with Gasteiger partial charge in [0.1, 0.15) is 12.1 Å². The van der Waals surface area contributed by atoms with Crippen LogP contribution >= 0.6 is 0 Å². The molecule has 0 radical (unpaired) electrons. The molecular weight excluding hydrogens is 356 g/mol. The molecule has 0 aromatic heterocycles. The highest BCUT2D eigenvalue weighted by Gasteiger charge is 2.25. The van der Waals surface area contributed by atoms with E-state index < -0.39 is 24.0 Å². The molecule has 0 saturated carbocycles. The smallest absolute Gasteiger partial charge is 0.325 e. The van der Waals surface area contributed by atoms with Crippen molar-refractivity contribution in [2.75, 3.05) is 0 Å². The van der Waals surface area contributed by atoms with Gasteiger partial charge in [-0.15, -0.1) is 0 Å². The Labute approximate surface area is 165 Å². The Bertz CT molecular complexity index is 816. The third kappa shape index (κ3) is 5.94. The van der Waals surface area contributed by atoms with Crippen LogP contribution in [0.25, 0.3) is 0 Å². The summed E-state index contributed by atoms with van der Waals surface area (Å²) < 4.78 is 0. The largest absolute Gasteiger partial charge is 0.480 e. The maximum Gasteiger partial charge on any atom is 0.325 e. The minimum absolute atomic E-state index is 0.259. The van der Waals surface area contributed by atoms with Crippen molar-refractivity contribution in [2.45, 2.75) is 45.2 Å². The highest BCUT2D eigenvalue weighted by molar-refractivity contribution is 5.98. The number of hydrogen-bond acceptors (Lipinski definition) is 3. The summed E-state index contributed by atoms with van der Waals surface area (Å²) in [4.78, 5) is 36.2. The van der Waals surface area contributed by atoms with Gasteiger partial charge in [-0.2, -0.15) is 0 Å². The average molecular weight is 382 g/mol. The van der Waals surface area contributed by atoms with Crippen molar-refractivity contribution in [3.63, 3.8) is 0 Å². The van der Waals surface area contributed by atoms with Gasteiger partial charge in [0.05, 0.1) is 0 Å². The van der Waals surface area contributed by atoms with Crippen molar-refractivity contribution in [1.29, 1.82) is 0 Å². The molecule has 0 unspecified atom stereocenters. The molecule has 6 heteroatoms. The highest BCUT2D eigenvalue weighted by atomic mass is 16.4. The third-order valence-corrected chi connectivity index (χ3v) is 4.47. The zero-order valence-electron chi connectivity index (χ0n) is 16.3. The predicted octanol–water partition coefficient (Wildman–Crippen LogP) is 2.74. The van der Waals surface area contributed by atoms with Gasteiger partial charge in [0.2, 0.25) is 5.91 Å². The Balaban J connectivity index is 2.18. The first-order chi connectivity index (χ1) is 13.3. The van der Waals surface area contributed by atoms with Gasteiger partial charge in [-0.05, 0) is 36.1 Å². The lowest BCUT2D eigenvalue weighted by molar-refractivity contribution is -0.141. The second kappa shape index (κ2) is 9.69. The van der Waals surface area contributed by atoms with Crippen LogP contribution < -0.4 is 10.6 Å². The number of aliphatic carboxylic acids is 1. The number of carboxylic acids is 1. The van der Waals surface area contributed by atoms with E-state index in [-0.39, 0.29) is 12.3 Å². The van der Waals surface area contributed by atoms with Crippen molar-refractivity contribution >= 4 is 17.8 Å². The molecule has 0 aliphatic carbocycles. The van der Waals surface area contributed by atoms with E-state index in [2.05, 4.69) is 24.5 Å². The second-order valence-electron chi connectivity index (χ2n) is 7.06. The summed E-state index contributed by atoms with van der Waals surface area (Å²) in [6.07, 6.45) is 0.259. The fraction of sp³-hybridized carbons (Fsp3) is 0.318. The van der Waals surface area contributed by atoms with Crippen LogP contribution in [0, 0.1) is 0 Å². The first kappa shape index (κ1) is 21.2. The van der Waals surface area contributed by atoms with Crippen molar-refractivity contribution in [2.24, 2.45) is 0 Å². The van der Waals surface area contributed by atoms with Crippen LogP contribution in [0.4, 0.5) is 0 Å². The fourth-order valence-electron chi connectivity index (χ4n) is 2.69. The van der Waals surface area contributed by atoms with Crippen molar-refractivity contribution in [3.05, 3.63) is 71.3 Å². The number of carboxylic acid groups (broad SMARTS) is 1. The van der Waals surface area contributed by atoms with Crippen LogP contribution in [0.15, 0.2) is 54.6 Å². The van der Waals surface area contributed by atoms with E-state index in [1.165, 1.54) is 12.5 Å². The number of amides is 2. The number of benzene rings is 2. The van der Waals surface area contributed by atoms with E-state index in [1.54, 1.807) is 30.3 Å². The highest BCUT2D eigenvalue weighted by Crippen LogP contribution is 2.16. The first-order valence-corrected chi connectivity index (χ1v) is 9.26. The standard InChI is InChI=1S/C22H26N2O4/c1-14(2)17-11-9-16(10-12-17)13-19(21(26)23-15(3)22(27)28)24-20(25)18-7-5-4-6-8-18/h4-12,14-15,19H,13H2,1-3H3,(H,23,26)(H,24,25)(H,27,28)/t15-,19-/m0/s1. The molecule has 0 aliphatic heterocycles. The lowest BCUT2D eigenvalue weighted by Gasteiger charge is -2.20. The summed E-state index contributed by atoms with van der Waals surface area (Å²) in [6.45, 7) is 5.57. The number of nitrogens with one attached hydrogen (secondary N) is 2. The van der Waals surface area contributed by atoms with Crippen molar-refractivity contribution in [1.82, 2.24) is 10.6 Å². The molecule has 2 atom stereocenters. The number of carbonyl (C=O) groups is 3. The fourth-order valence-corrected chi connectivity index (χ4v) is 2.69. The molecule has 6 nitrogen and oxygen atoms in total. The molecule has 2 rings (SSSR count). The molecule has 2 aromatic rings. The van der Waals surface area contributed by atoms with Gasteiger partial charge < -0.3 is 15.7 Å². The Morgan fingerprint density at radius 3 is 2.04 bits per heavy atom. The SMILES string of the molecule is CC(C)c1ccc(C[C@H](NC(=O)c2ccccc2)C(=O)N[C@@H](C)C(=O)O)cc1. The van der Waals surface area contributed by atoms with Gasteiger partial charge >= 0.3 is 5.97 Å². The maximum absolute atomic E-state index is 12.6. The van der Waals surface area contributed by atoms with Crippen LogP contribution in [0.5, 0.6) is 0 Å². The van der Waals surface area contributed by atoms with E-state index in [4.69, 9.17) is 5.11 Å². The molecule has 148 valence electrons. The van der Waals surface area contributed by atoms with E-state index >= 15 is 0 Å². The van der Waals surface area contributed by atoms with E-state index in [0.29, 0.717) is 11.5 Å². The Morgan fingerprint density at radius 1 is 0.893 bits per heavy atom. The van der Waals surface area contributed by atoms with E-state index in [1.807, 2.05) is 24.3 Å². The van der Waals surface area contributed by atoms with Crippen LogP contribution in [-0.2, 0) is 16.0 Å². The molecule has 0 aliphatic rings. The minimum atomic E-state index is -1.14. The number of hydrogen-bond donors (Lipinski definition) is 3. The van der Waals surface area contributed by atoms with Crippen LogP contribution in [0.2, 0.25) is 0 Å². The number of carbonyl (C=O) groups excluding carboxylic acids is 2. The minimum Gasteiger partial charge on any atom is -0.480 e. The van der Waals surface area contributed by atoms with E-state index in [0.717, 1.165) is 5.56 Å². The quantitative estimate of drug-likeness (QED) is 0.654. The normalized spacial score (nSPS) is 12.9. The molecule has 0 heterocycles. The zero-order valence-corrected chi connectivity index (χ0v) is 16.3. The second-order valence-corrected chi connectivity index (χ2v) is 7.06. The van der Waals surface area contributed by atoms with Crippen LogP contribution in [0.1, 0.15) is 48.2 Å². The summed E-state index contributed by atoms with van der Waals surface area (Å²) in [5.74, 6) is -1.67. The lowest BCUT2D eigenvalue weighted by Crippen LogP contribution is -2.51. The van der Waals surface area contributed by atoms with Gasteiger partial charge in [0.15, 0.2) is 0 Å². The third-order valence-electron chi connectivity index (χ3n) is 4.47. The number of rotatable bonds is 8. The molecular formula is C22H26N2O4. The summed E-state index contributed by atoms with van der Waals surface area (Å²) in [6, 6.07) is 14.5. The van der Waals surface area contributed by atoms with Crippen LogP contribution in [-0.4, -0.2) is 35.0 Å². The van der Waals surface area contributed by atoms with Gasteiger partial charge in [0, 0.05) is 12.0 Å². The molecule has 0 bridgehead atoms. The topological polar surface area (TPSA) is 95.5 Å². The van der Waals surface area contributed by atoms with Gasteiger partial charge in [-0.25, -0.2) is 0 Å². The lowest BCUT2D eigenvalue weighted by atomic mass is 9.98. The Hall–Kier alpha value is -3.15. The van der Waals surface area contributed by atoms with E-state index in [9.17, 15) is 14.4 Å². The van der Waals surface area contributed by atoms with Crippen LogP contribution in [0.3, 0.4) is 0 Å². The average Bonchev–Trinajstić information content (AvgIpc) is 2.68.